The molecule has 1 atom stereocenters. The first-order valence-corrected chi connectivity index (χ1v) is 16.0. The Balaban J connectivity index is 1.81. The van der Waals surface area contributed by atoms with Gasteiger partial charge in [-0.1, -0.05) is 51.8 Å². The molecule has 2 aromatic carbocycles. The van der Waals surface area contributed by atoms with Gasteiger partial charge in [0.2, 0.25) is 10.0 Å². The van der Waals surface area contributed by atoms with Crippen molar-refractivity contribution in [2.24, 2.45) is 0 Å². The molecule has 1 fully saturated rings. The molecule has 1 aliphatic rings. The summed E-state index contributed by atoms with van der Waals surface area (Å²) in [6.45, 7) is -0.846. The van der Waals surface area contributed by atoms with Crippen LogP contribution < -0.4 is 5.32 Å². The van der Waals surface area contributed by atoms with Crippen molar-refractivity contribution in [2.45, 2.75) is 42.0 Å². The van der Waals surface area contributed by atoms with E-state index >= 15 is 4.39 Å². The van der Waals surface area contributed by atoms with E-state index in [1.807, 2.05) is 5.32 Å². The number of sulfone groups is 1. The summed E-state index contributed by atoms with van der Waals surface area (Å²) in [6, 6.07) is 9.26. The molecule has 39 heavy (non-hydrogen) atoms. The predicted octanol–water partition coefficient (Wildman–Crippen LogP) is 5.26. The molecule has 1 N–H and O–H groups in total. The van der Waals surface area contributed by atoms with Gasteiger partial charge in [0.15, 0.2) is 15.5 Å². The molecule has 0 saturated carbocycles. The Morgan fingerprint density at radius 1 is 1.13 bits per heavy atom. The molecule has 214 valence electrons. The van der Waals surface area contributed by atoms with E-state index in [9.17, 15) is 34.8 Å². The number of rotatable bonds is 8. The van der Waals surface area contributed by atoms with Crippen LogP contribution in [0.2, 0.25) is 5.02 Å². The normalized spacial score (nSPS) is 17.7. The number of alkyl halides is 4. The van der Waals surface area contributed by atoms with Crippen LogP contribution in [0, 0.1) is 0 Å². The molecular weight excluding hydrogens is 652 g/mol. The van der Waals surface area contributed by atoms with Crippen molar-refractivity contribution in [1.82, 2.24) is 9.62 Å². The van der Waals surface area contributed by atoms with Gasteiger partial charge in [-0.05, 0) is 24.3 Å². The lowest BCUT2D eigenvalue weighted by Gasteiger charge is -2.35. The van der Waals surface area contributed by atoms with Gasteiger partial charge in [0.05, 0.1) is 17.4 Å². The second kappa shape index (κ2) is 11.9. The van der Waals surface area contributed by atoms with Gasteiger partial charge in [0, 0.05) is 58.2 Å². The molecule has 7 nitrogen and oxygen atoms in total. The van der Waals surface area contributed by atoms with Crippen LogP contribution >= 0.6 is 27.5 Å². The molecule has 3 rings (SSSR count). The minimum Gasteiger partial charge on any atom is -0.347 e. The minimum atomic E-state index is -4.77. The van der Waals surface area contributed by atoms with E-state index in [2.05, 4.69) is 15.9 Å². The van der Waals surface area contributed by atoms with Crippen LogP contribution in [-0.2, 0) is 24.7 Å². The van der Waals surface area contributed by atoms with E-state index in [4.69, 9.17) is 11.6 Å². The van der Waals surface area contributed by atoms with E-state index < -0.39 is 76.0 Å². The Labute approximate surface area is 237 Å². The van der Waals surface area contributed by atoms with Crippen molar-refractivity contribution >= 4 is 53.3 Å². The molecule has 1 amide bonds. The van der Waals surface area contributed by atoms with Crippen LogP contribution in [0.4, 0.5) is 17.6 Å². The number of sulfonamides is 1. The number of halogens is 6. The van der Waals surface area contributed by atoms with E-state index in [0.29, 0.717) is 32.1 Å². The van der Waals surface area contributed by atoms with Gasteiger partial charge in [-0.2, -0.15) is 17.5 Å². The summed E-state index contributed by atoms with van der Waals surface area (Å²) in [6.07, 6.45) is -6.24. The van der Waals surface area contributed by atoms with Crippen molar-refractivity contribution in [3.63, 3.8) is 0 Å². The number of amides is 1. The smallest absolute Gasteiger partial charge is 0.347 e. The molecule has 2 aromatic rings. The maximum atomic E-state index is 15.6. The Bertz CT molecular complexity index is 1480. The fraction of sp³-hybridized carbons (Fsp3) is 0.375. The van der Waals surface area contributed by atoms with Crippen molar-refractivity contribution in [1.29, 1.82) is 0 Å². The average Bonchev–Trinajstić information content (AvgIpc) is 2.81. The van der Waals surface area contributed by atoms with Gasteiger partial charge in [-0.15, -0.1) is 0 Å². The molecule has 15 heteroatoms. The number of hydrogen-bond donors (Lipinski definition) is 1. The number of piperidine rings is 1. The molecule has 0 aliphatic carbocycles. The molecule has 0 radical (unpaired) electrons. The third kappa shape index (κ3) is 8.26. The summed E-state index contributed by atoms with van der Waals surface area (Å²) in [5, 5.41) is 2.72. The lowest BCUT2D eigenvalue weighted by atomic mass is 9.93. The monoisotopic (exact) mass is 674 g/mol. The minimum absolute atomic E-state index is 0.0919. The molecule has 1 saturated heterocycles. The van der Waals surface area contributed by atoms with Crippen LogP contribution in [0.25, 0.3) is 11.1 Å². The van der Waals surface area contributed by atoms with Gasteiger partial charge in [-0.3, -0.25) is 4.79 Å². The fourth-order valence-electron chi connectivity index (χ4n) is 4.02. The van der Waals surface area contributed by atoms with Gasteiger partial charge in [-0.25, -0.2) is 21.2 Å². The number of nitrogens with one attached hydrogen (secondary N) is 1. The van der Waals surface area contributed by atoms with E-state index in [0.717, 1.165) is 10.6 Å². The van der Waals surface area contributed by atoms with E-state index in [1.54, 1.807) is 30.3 Å². The Kier molecular flexibility index (Phi) is 9.58. The van der Waals surface area contributed by atoms with Crippen molar-refractivity contribution < 1.29 is 39.2 Å². The van der Waals surface area contributed by atoms with Gasteiger partial charge in [0.25, 0.3) is 5.91 Å². The highest BCUT2D eigenvalue weighted by Crippen LogP contribution is 2.38. The van der Waals surface area contributed by atoms with Crippen molar-refractivity contribution in [3.05, 3.63) is 63.4 Å². The summed E-state index contributed by atoms with van der Waals surface area (Å²) in [7, 11) is -8.00. The fourth-order valence-corrected chi connectivity index (χ4v) is 6.72. The summed E-state index contributed by atoms with van der Waals surface area (Å²) in [5.41, 5.74) is -1.91. The number of benzene rings is 2. The molecule has 1 heterocycles. The number of nitrogens with zero attached hydrogens (tertiary/aromatic N) is 1. The molecular formula is C24H24BrClF4N2O5S2. The molecule has 0 aromatic heterocycles. The first-order valence-electron chi connectivity index (χ1n) is 11.4. The second-order valence-electron chi connectivity index (χ2n) is 9.05. The third-order valence-electron chi connectivity index (χ3n) is 5.97. The lowest BCUT2D eigenvalue weighted by Crippen LogP contribution is -2.54. The highest BCUT2D eigenvalue weighted by molar-refractivity contribution is 9.10. The van der Waals surface area contributed by atoms with Crippen LogP contribution in [0.3, 0.4) is 0 Å². The van der Waals surface area contributed by atoms with Gasteiger partial charge in [0.1, 0.15) is 0 Å². The summed E-state index contributed by atoms with van der Waals surface area (Å²) < 4.78 is 106. The number of hydrogen-bond acceptors (Lipinski definition) is 5. The zero-order valence-corrected chi connectivity index (χ0v) is 24.4. The van der Waals surface area contributed by atoms with Crippen molar-refractivity contribution in [2.75, 3.05) is 19.3 Å². The SMILES string of the molecule is CS(=O)(=O)/C=C\[C@H](CC(F)(F)F)NC(=O)C1(F)CCN(S(=O)(=O)c2ccc(Br)cc2-c2ccccc2Cl)CC1. The maximum absolute atomic E-state index is 15.6. The molecule has 0 spiro atoms. The third-order valence-corrected chi connectivity index (χ3v) is 9.40. The summed E-state index contributed by atoms with van der Waals surface area (Å²) in [4.78, 5) is 12.6. The van der Waals surface area contributed by atoms with Crippen LogP contribution in [0.5, 0.6) is 0 Å². The summed E-state index contributed by atoms with van der Waals surface area (Å²) >= 11 is 9.61. The van der Waals surface area contributed by atoms with E-state index in [1.165, 1.54) is 12.1 Å². The largest absolute Gasteiger partial charge is 0.391 e. The van der Waals surface area contributed by atoms with Gasteiger partial charge < -0.3 is 5.32 Å². The van der Waals surface area contributed by atoms with Crippen molar-refractivity contribution in [3.8, 4) is 11.1 Å². The Hall–Kier alpha value is -2.00. The standard InChI is InChI=1S/C24H24BrClF4N2O5S2/c1-38(34,35)13-8-17(15-24(28,29)30)31-22(33)23(27)9-11-32(12-10-23)39(36,37)21-7-6-16(25)14-19(21)18-4-2-3-5-20(18)26/h2-8,13-14,17H,9-12,15H2,1H3,(H,31,33)/b13-8-/t17-/m1/s1. The zero-order chi connectivity index (χ0) is 29.2. The van der Waals surface area contributed by atoms with Crippen LogP contribution in [-0.4, -0.2) is 64.3 Å². The highest BCUT2D eigenvalue weighted by atomic mass is 79.9. The van der Waals surface area contributed by atoms with Crippen LogP contribution in [0.1, 0.15) is 19.3 Å². The lowest BCUT2D eigenvalue weighted by molar-refractivity contribution is -0.144. The number of carbonyl (C=O) groups excluding carboxylic acids is 1. The second-order valence-corrected chi connectivity index (χ2v) is 14.2. The van der Waals surface area contributed by atoms with Crippen LogP contribution in [0.15, 0.2) is 63.3 Å². The molecule has 1 aliphatic heterocycles. The summed E-state index contributed by atoms with van der Waals surface area (Å²) in [5.74, 6) is -1.38. The Morgan fingerprint density at radius 2 is 1.74 bits per heavy atom. The quantitative estimate of drug-likeness (QED) is 0.385. The average molecular weight is 676 g/mol. The Morgan fingerprint density at radius 3 is 2.31 bits per heavy atom. The predicted molar refractivity (Wildman–Crippen MR) is 143 cm³/mol. The zero-order valence-electron chi connectivity index (χ0n) is 20.4. The van der Waals surface area contributed by atoms with E-state index in [-0.39, 0.29) is 4.90 Å². The maximum Gasteiger partial charge on any atom is 0.391 e. The molecule has 0 bridgehead atoms. The highest BCUT2D eigenvalue weighted by Gasteiger charge is 2.46. The first-order chi connectivity index (χ1) is 17.9. The number of carbonyl (C=O) groups is 1. The molecule has 0 unspecified atom stereocenters. The first kappa shape index (κ1) is 31.5. The topological polar surface area (TPSA) is 101 Å². The van der Waals surface area contributed by atoms with Gasteiger partial charge >= 0.3 is 6.18 Å².